The molecule has 0 radical (unpaired) electrons. The van der Waals surface area contributed by atoms with Crippen molar-refractivity contribution in [2.45, 2.75) is 64.8 Å². The smallest absolute Gasteiger partial charge is 0.266 e. The van der Waals surface area contributed by atoms with E-state index in [1.54, 1.807) is 24.9 Å². The zero-order chi connectivity index (χ0) is 25.9. The van der Waals surface area contributed by atoms with Crippen molar-refractivity contribution in [1.29, 1.82) is 0 Å². The van der Waals surface area contributed by atoms with Gasteiger partial charge in [-0.2, -0.15) is 0 Å². The van der Waals surface area contributed by atoms with Gasteiger partial charge in [0.05, 0.1) is 29.7 Å². The average Bonchev–Trinajstić information content (AvgIpc) is 2.91. The Bertz CT molecular complexity index is 1170. The molecule has 1 amide bonds. The first-order valence-electron chi connectivity index (χ1n) is 13.0. The normalized spacial score (nSPS) is 12.0. The van der Waals surface area contributed by atoms with Crippen LogP contribution in [-0.4, -0.2) is 47.7 Å². The lowest BCUT2D eigenvalue weighted by molar-refractivity contribution is -0.134. The molecule has 0 aliphatic rings. The molecule has 3 aromatic rings. The fourth-order valence-electron chi connectivity index (χ4n) is 4.58. The molecule has 7 heteroatoms. The highest BCUT2D eigenvalue weighted by atomic mass is 16.5. The molecule has 0 aliphatic carbocycles. The Morgan fingerprint density at radius 2 is 1.75 bits per heavy atom. The van der Waals surface area contributed by atoms with Crippen LogP contribution >= 0.6 is 0 Å². The number of amides is 1. The number of nitrogens with zero attached hydrogens (tertiary/aromatic N) is 3. The summed E-state index contributed by atoms with van der Waals surface area (Å²) in [5.41, 5.74) is 1.18. The minimum absolute atomic E-state index is 0.0951. The maximum absolute atomic E-state index is 13.8. The van der Waals surface area contributed by atoms with Crippen LogP contribution < -0.4 is 10.3 Å². The first-order chi connectivity index (χ1) is 17.5. The Hall–Kier alpha value is -3.19. The van der Waals surface area contributed by atoms with Crippen molar-refractivity contribution in [3.63, 3.8) is 0 Å². The fraction of sp³-hybridized carbons (Fsp3) is 0.483. The first kappa shape index (κ1) is 27.4. The number of benzene rings is 2. The second-order valence-electron chi connectivity index (χ2n) is 8.99. The topological polar surface area (TPSA) is 73.7 Å². The summed E-state index contributed by atoms with van der Waals surface area (Å²) in [5.74, 6) is 1.38. The number of carbonyl (C=O) groups excluding carboxylic acids is 1. The van der Waals surface area contributed by atoms with Crippen molar-refractivity contribution in [2.75, 3.05) is 27.4 Å². The molecule has 1 atom stereocenters. The van der Waals surface area contributed by atoms with Crippen molar-refractivity contribution >= 4 is 16.8 Å². The molecule has 0 saturated heterocycles. The summed E-state index contributed by atoms with van der Waals surface area (Å²) >= 11 is 0. The number of fused-ring (bicyclic) bond motifs is 1. The third-order valence-electron chi connectivity index (χ3n) is 6.51. The number of carbonyl (C=O) groups is 1. The third-order valence-corrected chi connectivity index (χ3v) is 6.51. The lowest BCUT2D eigenvalue weighted by Gasteiger charge is -2.32. The summed E-state index contributed by atoms with van der Waals surface area (Å²) in [4.78, 5) is 34.2. The number of rotatable bonds is 14. The van der Waals surface area contributed by atoms with Crippen LogP contribution in [0.4, 0.5) is 0 Å². The SMILES string of the molecule is CCCCCCC(=O)N(CCCOC)C(CC)c1nc2ccccc2c(=O)n1-c1ccc(OC)cc1. The second kappa shape index (κ2) is 13.8. The van der Waals surface area contributed by atoms with Gasteiger partial charge in [-0.15, -0.1) is 0 Å². The van der Waals surface area contributed by atoms with Crippen LogP contribution in [0.3, 0.4) is 0 Å². The molecule has 2 aromatic carbocycles. The molecule has 0 N–H and O–H groups in total. The Kier molecular flexibility index (Phi) is 10.5. The van der Waals surface area contributed by atoms with Crippen LogP contribution in [0.2, 0.25) is 0 Å². The standard InChI is InChI=1S/C29H39N3O4/c1-5-7-8-9-15-27(33)31(20-12-21-35-3)26(6-2)28-30-25-14-11-10-13-24(25)29(34)32(28)22-16-18-23(36-4)19-17-22/h10-11,13-14,16-19,26H,5-9,12,15,20-21H2,1-4H3. The molecule has 1 aromatic heterocycles. The molecule has 1 unspecified atom stereocenters. The minimum atomic E-state index is -0.347. The summed E-state index contributed by atoms with van der Waals surface area (Å²) in [6.45, 7) is 5.31. The first-order valence-corrected chi connectivity index (χ1v) is 13.0. The molecule has 36 heavy (non-hydrogen) atoms. The van der Waals surface area contributed by atoms with Gasteiger partial charge in [0.15, 0.2) is 0 Å². The summed E-state index contributed by atoms with van der Waals surface area (Å²) in [6.07, 6.45) is 5.98. The Morgan fingerprint density at radius 3 is 2.42 bits per heavy atom. The number of aromatic nitrogens is 2. The van der Waals surface area contributed by atoms with Gasteiger partial charge in [-0.1, -0.05) is 45.2 Å². The number of methoxy groups -OCH3 is 2. The van der Waals surface area contributed by atoms with E-state index in [-0.39, 0.29) is 17.5 Å². The largest absolute Gasteiger partial charge is 0.497 e. The molecule has 1 heterocycles. The van der Waals surface area contributed by atoms with Gasteiger partial charge < -0.3 is 14.4 Å². The van der Waals surface area contributed by atoms with E-state index in [0.717, 1.165) is 25.7 Å². The van der Waals surface area contributed by atoms with Gasteiger partial charge >= 0.3 is 0 Å². The summed E-state index contributed by atoms with van der Waals surface area (Å²) in [6, 6.07) is 14.4. The molecule has 0 fully saturated rings. The van der Waals surface area contributed by atoms with Gasteiger partial charge in [0.2, 0.25) is 5.91 Å². The molecule has 0 saturated carbocycles. The van der Waals surface area contributed by atoms with Crippen molar-refractivity contribution in [2.24, 2.45) is 0 Å². The predicted molar refractivity (Wildman–Crippen MR) is 144 cm³/mol. The van der Waals surface area contributed by atoms with Gasteiger partial charge in [-0.25, -0.2) is 4.98 Å². The molecular weight excluding hydrogens is 454 g/mol. The summed E-state index contributed by atoms with van der Waals surface area (Å²) in [5, 5.41) is 0.545. The number of unbranched alkanes of at least 4 members (excludes halogenated alkanes) is 3. The van der Waals surface area contributed by atoms with Gasteiger partial charge in [0.25, 0.3) is 5.56 Å². The highest BCUT2D eigenvalue weighted by molar-refractivity contribution is 5.79. The monoisotopic (exact) mass is 493 g/mol. The average molecular weight is 494 g/mol. The van der Waals surface area contributed by atoms with Crippen molar-refractivity contribution in [3.8, 4) is 11.4 Å². The second-order valence-corrected chi connectivity index (χ2v) is 8.99. The Labute approximate surface area is 214 Å². The van der Waals surface area contributed by atoms with Crippen LogP contribution in [0.1, 0.15) is 70.7 Å². The van der Waals surface area contributed by atoms with E-state index in [1.165, 1.54) is 0 Å². The zero-order valence-corrected chi connectivity index (χ0v) is 22.0. The number of hydrogen-bond acceptors (Lipinski definition) is 5. The van der Waals surface area contributed by atoms with E-state index in [0.29, 0.717) is 60.6 Å². The van der Waals surface area contributed by atoms with Gasteiger partial charge in [0, 0.05) is 26.7 Å². The molecule has 0 bridgehead atoms. The highest BCUT2D eigenvalue weighted by Crippen LogP contribution is 2.28. The van der Waals surface area contributed by atoms with E-state index >= 15 is 0 Å². The number of ether oxygens (including phenoxy) is 2. The zero-order valence-electron chi connectivity index (χ0n) is 22.0. The van der Waals surface area contributed by atoms with E-state index in [2.05, 4.69) is 6.92 Å². The number of hydrogen-bond donors (Lipinski definition) is 0. The fourth-order valence-corrected chi connectivity index (χ4v) is 4.58. The molecule has 194 valence electrons. The molecule has 3 rings (SSSR count). The Balaban J connectivity index is 2.12. The van der Waals surface area contributed by atoms with E-state index in [1.807, 2.05) is 54.3 Å². The molecule has 0 spiro atoms. The summed E-state index contributed by atoms with van der Waals surface area (Å²) < 4.78 is 12.2. The van der Waals surface area contributed by atoms with Crippen LogP contribution in [-0.2, 0) is 9.53 Å². The van der Waals surface area contributed by atoms with Gasteiger partial charge in [-0.05, 0) is 55.7 Å². The van der Waals surface area contributed by atoms with Crippen molar-refractivity contribution in [3.05, 3.63) is 64.7 Å². The maximum atomic E-state index is 13.8. The maximum Gasteiger partial charge on any atom is 0.266 e. The third kappa shape index (κ3) is 6.52. The van der Waals surface area contributed by atoms with Crippen LogP contribution in [0.5, 0.6) is 5.75 Å². The quantitative estimate of drug-likeness (QED) is 0.270. The van der Waals surface area contributed by atoms with Crippen LogP contribution in [0.25, 0.3) is 16.6 Å². The van der Waals surface area contributed by atoms with E-state index in [4.69, 9.17) is 14.5 Å². The van der Waals surface area contributed by atoms with Gasteiger partial charge in [-0.3, -0.25) is 14.2 Å². The number of para-hydroxylation sites is 1. The predicted octanol–water partition coefficient (Wildman–Crippen LogP) is 5.68. The molecular formula is C29H39N3O4. The molecule has 7 nitrogen and oxygen atoms in total. The lowest BCUT2D eigenvalue weighted by atomic mass is 10.1. The minimum Gasteiger partial charge on any atom is -0.497 e. The lowest BCUT2D eigenvalue weighted by Crippen LogP contribution is -2.39. The van der Waals surface area contributed by atoms with E-state index in [9.17, 15) is 9.59 Å². The highest BCUT2D eigenvalue weighted by Gasteiger charge is 2.28. The van der Waals surface area contributed by atoms with Crippen LogP contribution in [0, 0.1) is 0 Å². The van der Waals surface area contributed by atoms with Crippen molar-refractivity contribution < 1.29 is 14.3 Å². The van der Waals surface area contributed by atoms with Gasteiger partial charge in [0.1, 0.15) is 11.6 Å². The summed E-state index contributed by atoms with van der Waals surface area (Å²) in [7, 11) is 3.28. The van der Waals surface area contributed by atoms with Crippen LogP contribution in [0.15, 0.2) is 53.3 Å². The van der Waals surface area contributed by atoms with Crippen molar-refractivity contribution in [1.82, 2.24) is 14.5 Å². The Morgan fingerprint density at radius 1 is 1.00 bits per heavy atom. The molecule has 0 aliphatic heterocycles. The van der Waals surface area contributed by atoms with E-state index < -0.39 is 0 Å².